The van der Waals surface area contributed by atoms with Crippen molar-refractivity contribution in [2.45, 2.75) is 20.0 Å². The normalized spacial score (nSPS) is 11.9. The van der Waals surface area contributed by atoms with E-state index in [9.17, 15) is 4.79 Å². The first-order valence-corrected chi connectivity index (χ1v) is 6.48. The van der Waals surface area contributed by atoms with Crippen LogP contribution in [0.1, 0.15) is 22.8 Å². The predicted molar refractivity (Wildman–Crippen MR) is 77.1 cm³/mol. The van der Waals surface area contributed by atoms with Gasteiger partial charge in [-0.3, -0.25) is 4.79 Å². The summed E-state index contributed by atoms with van der Waals surface area (Å²) < 4.78 is 5.66. The Labute approximate surface area is 118 Å². The molecule has 0 spiro atoms. The Morgan fingerprint density at radius 1 is 1.16 bits per heavy atom. The van der Waals surface area contributed by atoms with Crippen LogP contribution in [0.4, 0.5) is 0 Å². The van der Waals surface area contributed by atoms with Gasteiger partial charge in [0.2, 0.25) is 5.78 Å². The van der Waals surface area contributed by atoms with E-state index in [4.69, 9.17) is 16.3 Å². The van der Waals surface area contributed by atoms with Crippen LogP contribution in [0.15, 0.2) is 48.5 Å². The van der Waals surface area contributed by atoms with Gasteiger partial charge in [0.1, 0.15) is 5.75 Å². The molecule has 0 saturated carbocycles. The van der Waals surface area contributed by atoms with Crippen LogP contribution in [0.25, 0.3) is 0 Å². The lowest BCUT2D eigenvalue weighted by molar-refractivity contribution is 0.0818. The summed E-state index contributed by atoms with van der Waals surface area (Å²) in [7, 11) is 0. The molecular weight excluding hydrogens is 260 g/mol. The summed E-state index contributed by atoms with van der Waals surface area (Å²) in [5, 5.41) is 0.512. The monoisotopic (exact) mass is 274 g/mol. The molecule has 0 N–H and O–H groups in total. The van der Waals surface area contributed by atoms with Crippen LogP contribution >= 0.6 is 11.6 Å². The summed E-state index contributed by atoms with van der Waals surface area (Å²) in [6, 6.07) is 14.6. The second-order valence-electron chi connectivity index (χ2n) is 4.42. The second-order valence-corrected chi connectivity index (χ2v) is 4.83. The van der Waals surface area contributed by atoms with Gasteiger partial charge in [0.15, 0.2) is 6.10 Å². The minimum absolute atomic E-state index is 0.0572. The van der Waals surface area contributed by atoms with Crippen molar-refractivity contribution < 1.29 is 9.53 Å². The maximum atomic E-state index is 12.2. The summed E-state index contributed by atoms with van der Waals surface area (Å²) in [5.41, 5.74) is 1.68. The Morgan fingerprint density at radius 3 is 2.53 bits per heavy atom. The average molecular weight is 275 g/mol. The predicted octanol–water partition coefficient (Wildman–Crippen LogP) is 4.30. The van der Waals surface area contributed by atoms with Crippen LogP contribution in [0, 0.1) is 6.92 Å². The molecule has 0 amide bonds. The standard InChI is InChI=1S/C16H15ClO2/c1-11-8-9-14(17)15(10-11)19-12(2)16(18)13-6-4-3-5-7-13/h3-10,12H,1-2H3/t12-/m0/s1. The molecule has 0 aliphatic rings. The van der Waals surface area contributed by atoms with Gasteiger partial charge in [-0.25, -0.2) is 0 Å². The fraction of sp³-hybridized carbons (Fsp3) is 0.188. The van der Waals surface area contributed by atoms with E-state index in [1.165, 1.54) is 0 Å². The molecule has 2 rings (SSSR count). The number of Topliss-reactive ketones (excluding diaryl/α,β-unsaturated/α-hetero) is 1. The van der Waals surface area contributed by atoms with E-state index in [2.05, 4.69) is 0 Å². The van der Waals surface area contributed by atoms with Crippen LogP contribution in [0.5, 0.6) is 5.75 Å². The molecule has 0 radical (unpaired) electrons. The van der Waals surface area contributed by atoms with Gasteiger partial charge in [0, 0.05) is 5.56 Å². The van der Waals surface area contributed by atoms with Crippen LogP contribution in [0.3, 0.4) is 0 Å². The van der Waals surface area contributed by atoms with Gasteiger partial charge in [-0.2, -0.15) is 0 Å². The Bertz CT molecular complexity index is 579. The Hall–Kier alpha value is -1.80. The maximum absolute atomic E-state index is 12.2. The van der Waals surface area contributed by atoms with E-state index >= 15 is 0 Å². The van der Waals surface area contributed by atoms with Crippen molar-refractivity contribution in [3.8, 4) is 5.75 Å². The molecule has 0 heterocycles. The second kappa shape index (κ2) is 5.89. The SMILES string of the molecule is Cc1ccc(Cl)c(O[C@@H](C)C(=O)c2ccccc2)c1. The number of ketones is 1. The number of rotatable bonds is 4. The molecule has 3 heteroatoms. The van der Waals surface area contributed by atoms with Gasteiger partial charge in [0.05, 0.1) is 5.02 Å². The highest BCUT2D eigenvalue weighted by atomic mass is 35.5. The van der Waals surface area contributed by atoms with Gasteiger partial charge in [-0.05, 0) is 31.5 Å². The molecule has 2 nitrogen and oxygen atoms in total. The number of carbonyl (C=O) groups is 1. The Kier molecular flexibility index (Phi) is 4.23. The van der Waals surface area contributed by atoms with Crippen molar-refractivity contribution in [2.75, 3.05) is 0 Å². The van der Waals surface area contributed by atoms with Crippen molar-refractivity contribution in [1.29, 1.82) is 0 Å². The van der Waals surface area contributed by atoms with Crippen molar-refractivity contribution in [2.24, 2.45) is 0 Å². The van der Waals surface area contributed by atoms with Crippen molar-refractivity contribution in [1.82, 2.24) is 0 Å². The van der Waals surface area contributed by atoms with Crippen molar-refractivity contribution in [3.05, 3.63) is 64.7 Å². The Balaban J connectivity index is 2.15. The topological polar surface area (TPSA) is 26.3 Å². The minimum atomic E-state index is -0.568. The van der Waals surface area contributed by atoms with E-state index < -0.39 is 6.10 Å². The lowest BCUT2D eigenvalue weighted by atomic mass is 10.1. The highest BCUT2D eigenvalue weighted by Crippen LogP contribution is 2.26. The molecule has 0 aliphatic carbocycles. The quantitative estimate of drug-likeness (QED) is 0.777. The highest BCUT2D eigenvalue weighted by molar-refractivity contribution is 6.32. The van der Waals surface area contributed by atoms with E-state index in [1.54, 1.807) is 25.1 Å². The van der Waals surface area contributed by atoms with Gasteiger partial charge < -0.3 is 4.74 Å². The third kappa shape index (κ3) is 3.36. The zero-order valence-corrected chi connectivity index (χ0v) is 11.6. The van der Waals surface area contributed by atoms with Gasteiger partial charge in [-0.1, -0.05) is 48.0 Å². The molecule has 0 fully saturated rings. The molecule has 2 aromatic rings. The molecule has 0 saturated heterocycles. The first kappa shape index (κ1) is 13.6. The lowest BCUT2D eigenvalue weighted by Gasteiger charge is -2.15. The summed E-state index contributed by atoms with van der Waals surface area (Å²) in [5.74, 6) is 0.483. The van der Waals surface area contributed by atoms with Crippen molar-refractivity contribution in [3.63, 3.8) is 0 Å². The number of hydrogen-bond donors (Lipinski definition) is 0. The number of hydrogen-bond acceptors (Lipinski definition) is 2. The van der Waals surface area contributed by atoms with E-state index in [0.29, 0.717) is 16.3 Å². The number of aryl methyl sites for hydroxylation is 1. The van der Waals surface area contributed by atoms with Crippen LogP contribution in [-0.4, -0.2) is 11.9 Å². The highest BCUT2D eigenvalue weighted by Gasteiger charge is 2.17. The number of ether oxygens (including phenoxy) is 1. The number of halogens is 1. The molecule has 0 bridgehead atoms. The first-order chi connectivity index (χ1) is 9.08. The molecule has 1 atom stereocenters. The molecule has 0 aromatic heterocycles. The third-order valence-corrected chi connectivity index (χ3v) is 3.13. The summed E-state index contributed by atoms with van der Waals surface area (Å²) in [6.45, 7) is 3.68. The smallest absolute Gasteiger partial charge is 0.202 e. The van der Waals surface area contributed by atoms with Crippen LogP contribution in [0.2, 0.25) is 5.02 Å². The fourth-order valence-electron chi connectivity index (χ4n) is 1.78. The third-order valence-electron chi connectivity index (χ3n) is 2.82. The number of carbonyl (C=O) groups excluding carboxylic acids is 1. The van der Waals surface area contributed by atoms with Gasteiger partial charge in [-0.15, -0.1) is 0 Å². The Morgan fingerprint density at radius 2 is 1.84 bits per heavy atom. The molecular formula is C16H15ClO2. The zero-order chi connectivity index (χ0) is 13.8. The van der Waals surface area contributed by atoms with Crippen molar-refractivity contribution >= 4 is 17.4 Å². The summed E-state index contributed by atoms with van der Waals surface area (Å²) in [6.07, 6.45) is -0.568. The number of benzene rings is 2. The van der Waals surface area contributed by atoms with Crippen LogP contribution < -0.4 is 4.74 Å². The lowest BCUT2D eigenvalue weighted by Crippen LogP contribution is -2.24. The first-order valence-electron chi connectivity index (χ1n) is 6.10. The minimum Gasteiger partial charge on any atom is -0.481 e. The average Bonchev–Trinajstić information content (AvgIpc) is 2.43. The van der Waals surface area contributed by atoms with E-state index in [0.717, 1.165) is 5.56 Å². The van der Waals surface area contributed by atoms with Gasteiger partial charge >= 0.3 is 0 Å². The molecule has 98 valence electrons. The molecule has 2 aromatic carbocycles. The molecule has 19 heavy (non-hydrogen) atoms. The molecule has 0 unspecified atom stereocenters. The summed E-state index contributed by atoms with van der Waals surface area (Å²) in [4.78, 5) is 12.2. The summed E-state index contributed by atoms with van der Waals surface area (Å²) >= 11 is 6.05. The zero-order valence-electron chi connectivity index (χ0n) is 10.9. The maximum Gasteiger partial charge on any atom is 0.202 e. The fourth-order valence-corrected chi connectivity index (χ4v) is 1.94. The van der Waals surface area contributed by atoms with Gasteiger partial charge in [0.25, 0.3) is 0 Å². The molecule has 0 aliphatic heterocycles. The van der Waals surface area contributed by atoms with E-state index in [1.807, 2.05) is 37.3 Å². The largest absolute Gasteiger partial charge is 0.481 e. The van der Waals surface area contributed by atoms with Crippen LogP contribution in [-0.2, 0) is 0 Å². The van der Waals surface area contributed by atoms with E-state index in [-0.39, 0.29) is 5.78 Å².